The van der Waals surface area contributed by atoms with E-state index in [0.717, 1.165) is 21.9 Å². The maximum Gasteiger partial charge on any atom is 0.135 e. The fourth-order valence-electron chi connectivity index (χ4n) is 5.60. The van der Waals surface area contributed by atoms with Gasteiger partial charge in [-0.05, 0) is 41.5 Å². The lowest BCUT2D eigenvalue weighted by Gasteiger charge is -2.24. The van der Waals surface area contributed by atoms with Gasteiger partial charge in [-0.1, -0.05) is 74.5 Å². The van der Waals surface area contributed by atoms with Crippen LogP contribution in [0, 0.1) is 0 Å². The Bertz CT molecular complexity index is 1660. The standard InChI is InChI=1S/C29H21NO/c1-29(2)23-12-6-3-10-20(23)27-21-11-4-7-13-24(21)30(28(27)29)18-15-16-26-22(17-18)19-9-5-8-14-25(19)31-26/h3-17H,1-2H3. The summed E-state index contributed by atoms with van der Waals surface area (Å²) in [6, 6.07) is 32.5. The summed E-state index contributed by atoms with van der Waals surface area (Å²) in [7, 11) is 0. The van der Waals surface area contributed by atoms with Crippen molar-refractivity contribution in [2.75, 3.05) is 0 Å². The zero-order valence-electron chi connectivity index (χ0n) is 17.5. The molecule has 2 heterocycles. The van der Waals surface area contributed by atoms with Crippen molar-refractivity contribution < 1.29 is 4.42 Å². The smallest absolute Gasteiger partial charge is 0.135 e. The lowest BCUT2D eigenvalue weighted by Crippen LogP contribution is -2.19. The first kappa shape index (κ1) is 17.0. The number of hydrogen-bond donors (Lipinski definition) is 0. The van der Waals surface area contributed by atoms with Crippen LogP contribution < -0.4 is 0 Å². The second kappa shape index (κ2) is 5.67. The van der Waals surface area contributed by atoms with Gasteiger partial charge in [0, 0.05) is 38.5 Å². The van der Waals surface area contributed by atoms with Gasteiger partial charge in [-0.15, -0.1) is 0 Å². The van der Waals surface area contributed by atoms with E-state index in [2.05, 4.69) is 97.3 Å². The first-order valence-electron chi connectivity index (χ1n) is 10.8. The van der Waals surface area contributed by atoms with E-state index in [-0.39, 0.29) is 5.41 Å². The van der Waals surface area contributed by atoms with Crippen LogP contribution in [0.1, 0.15) is 25.1 Å². The van der Waals surface area contributed by atoms with E-state index in [4.69, 9.17) is 4.42 Å². The second-order valence-electron chi connectivity index (χ2n) is 9.03. The third-order valence-corrected chi connectivity index (χ3v) is 6.95. The van der Waals surface area contributed by atoms with E-state index in [1.807, 2.05) is 12.1 Å². The van der Waals surface area contributed by atoms with Crippen LogP contribution in [0.3, 0.4) is 0 Å². The summed E-state index contributed by atoms with van der Waals surface area (Å²) in [6.45, 7) is 4.69. The van der Waals surface area contributed by atoms with Crippen molar-refractivity contribution in [2.45, 2.75) is 19.3 Å². The van der Waals surface area contributed by atoms with Crippen LogP contribution in [-0.4, -0.2) is 4.57 Å². The highest BCUT2D eigenvalue weighted by atomic mass is 16.3. The largest absolute Gasteiger partial charge is 0.456 e. The Balaban J connectivity index is 1.62. The fraction of sp³-hybridized carbons (Fsp3) is 0.103. The second-order valence-corrected chi connectivity index (χ2v) is 9.03. The number of aromatic nitrogens is 1. The van der Waals surface area contributed by atoms with Gasteiger partial charge < -0.3 is 8.98 Å². The van der Waals surface area contributed by atoms with Gasteiger partial charge in [0.05, 0.1) is 5.52 Å². The molecule has 0 atom stereocenters. The zero-order valence-corrected chi connectivity index (χ0v) is 17.5. The van der Waals surface area contributed by atoms with E-state index < -0.39 is 0 Å². The molecule has 148 valence electrons. The highest BCUT2D eigenvalue weighted by Crippen LogP contribution is 2.53. The quantitative estimate of drug-likeness (QED) is 0.275. The minimum absolute atomic E-state index is 0.0850. The third kappa shape index (κ3) is 2.07. The summed E-state index contributed by atoms with van der Waals surface area (Å²) in [4.78, 5) is 0. The van der Waals surface area contributed by atoms with Crippen LogP contribution >= 0.6 is 0 Å². The minimum atomic E-state index is -0.0850. The minimum Gasteiger partial charge on any atom is -0.456 e. The molecule has 7 rings (SSSR count). The molecule has 1 aliphatic carbocycles. The number of hydrogen-bond acceptors (Lipinski definition) is 1. The molecule has 0 saturated carbocycles. The van der Waals surface area contributed by atoms with Crippen molar-refractivity contribution in [1.82, 2.24) is 4.57 Å². The first-order chi connectivity index (χ1) is 15.1. The molecule has 0 bridgehead atoms. The number of nitrogens with zero attached hydrogens (tertiary/aromatic N) is 1. The van der Waals surface area contributed by atoms with Gasteiger partial charge in [-0.25, -0.2) is 0 Å². The number of rotatable bonds is 1. The van der Waals surface area contributed by atoms with E-state index in [1.54, 1.807) is 0 Å². The average Bonchev–Trinajstić information content (AvgIpc) is 3.41. The Morgan fingerprint density at radius 1 is 0.677 bits per heavy atom. The molecule has 6 aromatic rings. The summed E-state index contributed by atoms with van der Waals surface area (Å²) < 4.78 is 8.55. The Morgan fingerprint density at radius 3 is 2.29 bits per heavy atom. The molecule has 0 N–H and O–H groups in total. The van der Waals surface area contributed by atoms with E-state index in [0.29, 0.717) is 0 Å². The predicted octanol–water partition coefficient (Wildman–Crippen LogP) is 7.84. The van der Waals surface area contributed by atoms with E-state index in [1.165, 1.54) is 39.0 Å². The Hall–Kier alpha value is -3.78. The third-order valence-electron chi connectivity index (χ3n) is 6.95. The SMILES string of the molecule is CC1(C)c2ccccc2-c2c1n(-c1ccc3oc4ccccc4c3c1)c1ccccc21. The van der Waals surface area contributed by atoms with Crippen molar-refractivity contribution in [3.05, 3.63) is 102 Å². The van der Waals surface area contributed by atoms with Gasteiger partial charge in [0.15, 0.2) is 0 Å². The van der Waals surface area contributed by atoms with Gasteiger partial charge in [0.25, 0.3) is 0 Å². The van der Waals surface area contributed by atoms with Crippen molar-refractivity contribution in [1.29, 1.82) is 0 Å². The van der Waals surface area contributed by atoms with Crippen LogP contribution in [0.25, 0.3) is 49.7 Å². The van der Waals surface area contributed by atoms with Crippen LogP contribution in [0.5, 0.6) is 0 Å². The van der Waals surface area contributed by atoms with E-state index >= 15 is 0 Å². The predicted molar refractivity (Wildman–Crippen MR) is 128 cm³/mol. The highest BCUT2D eigenvalue weighted by molar-refractivity contribution is 6.07. The molecule has 0 aliphatic heterocycles. The van der Waals surface area contributed by atoms with Crippen molar-refractivity contribution in [3.63, 3.8) is 0 Å². The van der Waals surface area contributed by atoms with Crippen molar-refractivity contribution in [3.8, 4) is 16.8 Å². The van der Waals surface area contributed by atoms with Gasteiger partial charge >= 0.3 is 0 Å². The van der Waals surface area contributed by atoms with Gasteiger partial charge in [0.2, 0.25) is 0 Å². The van der Waals surface area contributed by atoms with Crippen LogP contribution in [0.2, 0.25) is 0 Å². The lowest BCUT2D eigenvalue weighted by atomic mass is 9.85. The molecule has 0 spiro atoms. The number of benzene rings is 4. The summed E-state index contributed by atoms with van der Waals surface area (Å²) in [5, 5.41) is 3.63. The Labute approximate surface area is 180 Å². The lowest BCUT2D eigenvalue weighted by molar-refractivity contribution is 0.624. The maximum atomic E-state index is 6.09. The van der Waals surface area contributed by atoms with Gasteiger partial charge in [-0.2, -0.15) is 0 Å². The molecule has 0 fully saturated rings. The molecule has 2 heteroatoms. The molecule has 2 aromatic heterocycles. The molecule has 4 aromatic carbocycles. The van der Waals surface area contributed by atoms with Gasteiger partial charge in [0.1, 0.15) is 11.2 Å². The fourth-order valence-corrected chi connectivity index (χ4v) is 5.60. The topological polar surface area (TPSA) is 18.1 Å². The first-order valence-corrected chi connectivity index (χ1v) is 10.8. The molecule has 0 radical (unpaired) electrons. The van der Waals surface area contributed by atoms with E-state index in [9.17, 15) is 0 Å². The highest BCUT2D eigenvalue weighted by Gasteiger charge is 2.40. The monoisotopic (exact) mass is 399 g/mol. The molecule has 2 nitrogen and oxygen atoms in total. The molecule has 31 heavy (non-hydrogen) atoms. The summed E-state index contributed by atoms with van der Waals surface area (Å²) in [6.07, 6.45) is 0. The van der Waals surface area contributed by atoms with Crippen LogP contribution in [0.4, 0.5) is 0 Å². The van der Waals surface area contributed by atoms with Crippen molar-refractivity contribution in [2.24, 2.45) is 0 Å². The Morgan fingerprint density at radius 2 is 1.39 bits per heavy atom. The van der Waals surface area contributed by atoms with Crippen LogP contribution in [-0.2, 0) is 5.41 Å². The summed E-state index contributed by atoms with van der Waals surface area (Å²) in [5.74, 6) is 0. The van der Waals surface area contributed by atoms with Crippen LogP contribution in [0.15, 0.2) is 95.4 Å². The Kier molecular flexibility index (Phi) is 3.10. The molecule has 1 aliphatic rings. The molecule has 0 saturated heterocycles. The molecule has 0 amide bonds. The number of furan rings is 1. The molecule has 0 unspecified atom stereocenters. The maximum absolute atomic E-state index is 6.09. The molecular weight excluding hydrogens is 378 g/mol. The zero-order chi connectivity index (χ0) is 20.7. The summed E-state index contributed by atoms with van der Waals surface area (Å²) in [5.41, 5.74) is 9.69. The summed E-state index contributed by atoms with van der Waals surface area (Å²) >= 11 is 0. The van der Waals surface area contributed by atoms with Gasteiger partial charge in [-0.3, -0.25) is 0 Å². The molecular formula is C29H21NO. The number of para-hydroxylation sites is 2. The van der Waals surface area contributed by atoms with Crippen molar-refractivity contribution >= 4 is 32.8 Å². The number of fused-ring (bicyclic) bond motifs is 8. The normalized spacial score (nSPS) is 14.4. The average molecular weight is 399 g/mol.